The molecule has 0 atom stereocenters. The third kappa shape index (κ3) is 2.66. The molecule has 2 rings (SSSR count). The van der Waals surface area contributed by atoms with Gasteiger partial charge in [-0.25, -0.2) is 0 Å². The van der Waals surface area contributed by atoms with Crippen molar-refractivity contribution in [3.05, 3.63) is 36.0 Å². The van der Waals surface area contributed by atoms with E-state index in [1.54, 1.807) is 0 Å². The van der Waals surface area contributed by atoms with E-state index in [4.69, 9.17) is 4.74 Å². The van der Waals surface area contributed by atoms with E-state index in [0.717, 1.165) is 17.3 Å². The van der Waals surface area contributed by atoms with E-state index in [2.05, 4.69) is 14.1 Å². The lowest BCUT2D eigenvalue weighted by Gasteiger charge is -2.02. The molecule has 2 aromatic rings. The van der Waals surface area contributed by atoms with E-state index in [0.29, 0.717) is 11.4 Å². The molecule has 6 heteroatoms. The van der Waals surface area contributed by atoms with Crippen molar-refractivity contribution in [2.45, 2.75) is 0 Å². The van der Waals surface area contributed by atoms with Crippen molar-refractivity contribution < 1.29 is 9.53 Å². The summed E-state index contributed by atoms with van der Waals surface area (Å²) in [7, 11) is 1.51. The summed E-state index contributed by atoms with van der Waals surface area (Å²) in [5.41, 5.74) is 1.81. The molecule has 5 nitrogen and oxygen atoms in total. The average molecular weight is 249 g/mol. The van der Waals surface area contributed by atoms with Crippen LogP contribution in [0, 0.1) is 0 Å². The summed E-state index contributed by atoms with van der Waals surface area (Å²) in [6.45, 7) is 0.157. The van der Waals surface area contributed by atoms with Gasteiger partial charge in [-0.2, -0.15) is 8.75 Å². The van der Waals surface area contributed by atoms with Gasteiger partial charge in [0.1, 0.15) is 12.4 Å². The number of nitrogens with zero attached hydrogens (tertiary/aromatic N) is 2. The van der Waals surface area contributed by atoms with Crippen LogP contribution in [-0.4, -0.2) is 28.5 Å². The fourth-order valence-corrected chi connectivity index (χ4v) is 1.91. The molecule has 0 unspecified atom stereocenters. The molecule has 17 heavy (non-hydrogen) atoms. The van der Waals surface area contributed by atoms with Crippen LogP contribution in [0.1, 0.15) is 10.5 Å². The van der Waals surface area contributed by atoms with Gasteiger partial charge in [-0.1, -0.05) is 30.3 Å². The Labute approximate surface area is 103 Å². The third-order valence-corrected chi connectivity index (χ3v) is 2.66. The minimum atomic E-state index is -0.278. The first kappa shape index (κ1) is 11.7. The highest BCUT2D eigenvalue weighted by atomic mass is 32.1. The van der Waals surface area contributed by atoms with Crippen molar-refractivity contribution in [2.24, 2.45) is 0 Å². The maximum Gasteiger partial charge on any atom is 0.275 e. The smallest absolute Gasteiger partial charge is 0.275 e. The molecule has 1 amide bonds. The van der Waals surface area contributed by atoms with Crippen LogP contribution in [0.5, 0.6) is 0 Å². The zero-order valence-corrected chi connectivity index (χ0v) is 10.0. The van der Waals surface area contributed by atoms with Crippen LogP contribution in [0.15, 0.2) is 30.3 Å². The van der Waals surface area contributed by atoms with Gasteiger partial charge in [-0.3, -0.25) is 4.79 Å². The Morgan fingerprint density at radius 2 is 2.12 bits per heavy atom. The number of carbonyl (C=O) groups is 1. The molecule has 0 spiro atoms. The predicted octanol–water partition coefficient (Wildman–Crippen LogP) is 1.54. The summed E-state index contributed by atoms with van der Waals surface area (Å²) in [4.78, 5) is 11.8. The fraction of sp³-hybridized carbons (Fsp3) is 0.182. The maximum atomic E-state index is 11.8. The number of benzene rings is 1. The normalized spacial score (nSPS) is 10.2. The zero-order chi connectivity index (χ0) is 12.1. The largest absolute Gasteiger partial charge is 0.364 e. The van der Waals surface area contributed by atoms with Gasteiger partial charge in [-0.05, 0) is 0 Å². The van der Waals surface area contributed by atoms with Gasteiger partial charge in [0.2, 0.25) is 0 Å². The minimum Gasteiger partial charge on any atom is -0.364 e. The standard InChI is InChI=1S/C11H11N3O2S/c1-16-7-12-11(15)10-9(13-17-14-10)8-5-3-2-4-6-8/h2-6H,7H2,1H3,(H,12,15). The van der Waals surface area contributed by atoms with E-state index >= 15 is 0 Å². The monoisotopic (exact) mass is 249 g/mol. The van der Waals surface area contributed by atoms with Crippen molar-refractivity contribution in [3.8, 4) is 11.3 Å². The van der Waals surface area contributed by atoms with Gasteiger partial charge in [0.05, 0.1) is 11.7 Å². The van der Waals surface area contributed by atoms with Crippen LogP contribution < -0.4 is 5.32 Å². The molecular formula is C11H11N3O2S. The topological polar surface area (TPSA) is 64.1 Å². The third-order valence-electron chi connectivity index (χ3n) is 2.13. The van der Waals surface area contributed by atoms with Crippen LogP contribution in [0.4, 0.5) is 0 Å². The lowest BCUT2D eigenvalue weighted by molar-refractivity contribution is 0.0869. The van der Waals surface area contributed by atoms with Gasteiger partial charge >= 0.3 is 0 Å². The Hall–Kier alpha value is -1.79. The molecule has 0 bridgehead atoms. The number of hydrogen-bond donors (Lipinski definition) is 1. The molecule has 0 radical (unpaired) electrons. The molecule has 88 valence electrons. The van der Waals surface area contributed by atoms with Crippen molar-refractivity contribution in [2.75, 3.05) is 13.8 Å². The number of methoxy groups -OCH3 is 1. The SMILES string of the molecule is COCNC(=O)c1nsnc1-c1ccccc1. The van der Waals surface area contributed by atoms with Gasteiger partial charge in [-0.15, -0.1) is 0 Å². The zero-order valence-electron chi connectivity index (χ0n) is 9.21. The Kier molecular flexibility index (Phi) is 3.79. The highest BCUT2D eigenvalue weighted by Gasteiger charge is 2.17. The summed E-state index contributed by atoms with van der Waals surface area (Å²) in [5, 5.41) is 2.59. The number of aromatic nitrogens is 2. The summed E-state index contributed by atoms with van der Waals surface area (Å²) in [5.74, 6) is -0.278. The first-order chi connectivity index (χ1) is 8.33. The molecule has 0 saturated carbocycles. The van der Waals surface area contributed by atoms with E-state index in [1.807, 2.05) is 30.3 Å². The molecule has 1 heterocycles. The van der Waals surface area contributed by atoms with Gasteiger partial charge < -0.3 is 10.1 Å². The van der Waals surface area contributed by atoms with E-state index < -0.39 is 0 Å². The molecule has 0 aliphatic rings. The molecule has 0 saturated heterocycles. The highest BCUT2D eigenvalue weighted by Crippen LogP contribution is 2.21. The van der Waals surface area contributed by atoms with Crippen LogP contribution >= 0.6 is 11.7 Å². The number of rotatable bonds is 4. The van der Waals surface area contributed by atoms with E-state index in [-0.39, 0.29) is 12.6 Å². The molecule has 0 fully saturated rings. The first-order valence-corrected chi connectivity index (χ1v) is 5.71. The van der Waals surface area contributed by atoms with Crippen LogP contribution in [0.2, 0.25) is 0 Å². The van der Waals surface area contributed by atoms with Crippen LogP contribution in [-0.2, 0) is 4.74 Å². The molecule has 1 aromatic heterocycles. The number of nitrogens with one attached hydrogen (secondary N) is 1. The minimum absolute atomic E-state index is 0.157. The summed E-state index contributed by atoms with van der Waals surface area (Å²) < 4.78 is 12.9. The Bertz CT molecular complexity index is 498. The predicted molar refractivity (Wildman–Crippen MR) is 64.7 cm³/mol. The highest BCUT2D eigenvalue weighted by molar-refractivity contribution is 6.99. The lowest BCUT2D eigenvalue weighted by atomic mass is 10.1. The maximum absolute atomic E-state index is 11.8. The van der Waals surface area contributed by atoms with E-state index in [9.17, 15) is 4.79 Å². The molecular weight excluding hydrogens is 238 g/mol. The second-order valence-corrected chi connectivity index (χ2v) is 3.79. The van der Waals surface area contributed by atoms with Crippen molar-refractivity contribution >= 4 is 17.6 Å². The first-order valence-electron chi connectivity index (χ1n) is 4.98. The molecule has 1 N–H and O–H groups in total. The molecule has 1 aromatic carbocycles. The number of ether oxygens (including phenoxy) is 1. The molecule has 0 aliphatic heterocycles. The van der Waals surface area contributed by atoms with Gasteiger partial charge in [0.15, 0.2) is 5.69 Å². The quantitative estimate of drug-likeness (QED) is 0.835. The Morgan fingerprint density at radius 1 is 1.35 bits per heavy atom. The second-order valence-electron chi connectivity index (χ2n) is 3.27. The summed E-state index contributed by atoms with van der Waals surface area (Å²) >= 11 is 1.02. The van der Waals surface area contributed by atoms with E-state index in [1.165, 1.54) is 7.11 Å². The van der Waals surface area contributed by atoms with Gasteiger partial charge in [0.25, 0.3) is 5.91 Å². The van der Waals surface area contributed by atoms with Crippen molar-refractivity contribution in [1.29, 1.82) is 0 Å². The summed E-state index contributed by atoms with van der Waals surface area (Å²) in [6, 6.07) is 9.48. The number of carbonyl (C=O) groups excluding carboxylic acids is 1. The average Bonchev–Trinajstić information content (AvgIpc) is 2.86. The van der Waals surface area contributed by atoms with Gasteiger partial charge in [0, 0.05) is 12.7 Å². The second kappa shape index (κ2) is 5.51. The van der Waals surface area contributed by atoms with Crippen molar-refractivity contribution in [3.63, 3.8) is 0 Å². The summed E-state index contributed by atoms with van der Waals surface area (Å²) in [6.07, 6.45) is 0. The molecule has 0 aliphatic carbocycles. The van der Waals surface area contributed by atoms with Crippen LogP contribution in [0.25, 0.3) is 11.3 Å². The Balaban J connectivity index is 2.26. The van der Waals surface area contributed by atoms with Crippen LogP contribution in [0.3, 0.4) is 0 Å². The lowest BCUT2D eigenvalue weighted by Crippen LogP contribution is -2.26. The number of hydrogen-bond acceptors (Lipinski definition) is 5. The van der Waals surface area contributed by atoms with Crippen molar-refractivity contribution in [1.82, 2.24) is 14.1 Å². The number of amides is 1. The fourth-order valence-electron chi connectivity index (χ4n) is 1.34. The Morgan fingerprint density at radius 3 is 2.82 bits per heavy atom.